The first kappa shape index (κ1) is 13.1. The fourth-order valence-electron chi connectivity index (χ4n) is 3.11. The Morgan fingerprint density at radius 3 is 3.12 bits per heavy atom. The monoisotopic (exact) mass is 252 g/mol. The lowest BCUT2D eigenvalue weighted by Gasteiger charge is -2.28. The van der Waals surface area contributed by atoms with Crippen molar-refractivity contribution >= 4 is 11.3 Å². The molecule has 1 nitrogen and oxygen atoms in total. The fourth-order valence-corrected chi connectivity index (χ4v) is 4.11. The lowest BCUT2D eigenvalue weighted by molar-refractivity contribution is 0.107. The highest BCUT2D eigenvalue weighted by molar-refractivity contribution is 7.10. The van der Waals surface area contributed by atoms with E-state index >= 15 is 0 Å². The van der Waals surface area contributed by atoms with E-state index in [0.717, 1.165) is 6.42 Å². The van der Waals surface area contributed by atoms with Crippen LogP contribution in [0.1, 0.15) is 62.3 Å². The minimum atomic E-state index is -0.134. The smallest absolute Gasteiger partial charge is 0.0611 e. The first-order valence-electron chi connectivity index (χ1n) is 6.96. The molecule has 0 bridgehead atoms. The predicted molar refractivity (Wildman–Crippen MR) is 74.7 cm³/mol. The Bertz CT molecular complexity index is 344. The summed E-state index contributed by atoms with van der Waals surface area (Å²) in [5.41, 5.74) is 1.44. The van der Waals surface area contributed by atoms with Gasteiger partial charge in [0.15, 0.2) is 0 Å². The molecule has 0 spiro atoms. The molecule has 96 valence electrons. The van der Waals surface area contributed by atoms with Crippen LogP contribution in [0.5, 0.6) is 0 Å². The molecule has 0 aliphatic heterocycles. The lowest BCUT2D eigenvalue weighted by Crippen LogP contribution is -2.24. The van der Waals surface area contributed by atoms with E-state index in [0.29, 0.717) is 11.8 Å². The van der Waals surface area contributed by atoms with Crippen molar-refractivity contribution in [2.24, 2.45) is 5.92 Å². The molecule has 0 amide bonds. The van der Waals surface area contributed by atoms with Gasteiger partial charge in [0.2, 0.25) is 0 Å². The van der Waals surface area contributed by atoms with Gasteiger partial charge in [-0.15, -0.1) is 11.3 Å². The first-order chi connectivity index (χ1) is 8.22. The zero-order valence-electron chi connectivity index (χ0n) is 11.0. The Morgan fingerprint density at radius 1 is 1.53 bits per heavy atom. The third kappa shape index (κ3) is 3.11. The maximum Gasteiger partial charge on any atom is 0.0611 e. The lowest BCUT2D eigenvalue weighted by atomic mass is 9.80. The number of thiophene rings is 1. The number of rotatable bonds is 5. The Hall–Kier alpha value is -0.340. The van der Waals surface area contributed by atoms with E-state index in [2.05, 4.69) is 25.3 Å². The molecule has 17 heavy (non-hydrogen) atoms. The third-order valence-corrected chi connectivity index (χ3v) is 4.98. The van der Waals surface area contributed by atoms with Crippen molar-refractivity contribution in [3.05, 3.63) is 21.9 Å². The van der Waals surface area contributed by atoms with Crippen LogP contribution in [-0.2, 0) is 6.42 Å². The number of aliphatic hydroxyl groups excluding tert-OH is 1. The van der Waals surface area contributed by atoms with Crippen LogP contribution in [0.15, 0.2) is 11.4 Å². The van der Waals surface area contributed by atoms with E-state index in [9.17, 15) is 5.11 Å². The van der Waals surface area contributed by atoms with Gasteiger partial charge in [0.05, 0.1) is 6.10 Å². The van der Waals surface area contributed by atoms with E-state index < -0.39 is 0 Å². The topological polar surface area (TPSA) is 20.2 Å². The molecule has 3 unspecified atom stereocenters. The Kier molecular flexibility index (Phi) is 4.63. The van der Waals surface area contributed by atoms with Gasteiger partial charge in [-0.3, -0.25) is 0 Å². The zero-order valence-corrected chi connectivity index (χ0v) is 11.8. The SMILES string of the molecule is CCCC(C)CC(O)C1CCCc2sccc21. The van der Waals surface area contributed by atoms with Crippen LogP contribution in [0.25, 0.3) is 0 Å². The molecule has 1 N–H and O–H groups in total. The van der Waals surface area contributed by atoms with Crippen LogP contribution in [0.2, 0.25) is 0 Å². The van der Waals surface area contributed by atoms with Crippen LogP contribution >= 0.6 is 11.3 Å². The van der Waals surface area contributed by atoms with Gasteiger partial charge in [0.25, 0.3) is 0 Å². The molecule has 1 aromatic heterocycles. The van der Waals surface area contributed by atoms with Gasteiger partial charge in [-0.25, -0.2) is 0 Å². The summed E-state index contributed by atoms with van der Waals surface area (Å²) < 4.78 is 0. The summed E-state index contributed by atoms with van der Waals surface area (Å²) in [6, 6.07) is 2.23. The molecule has 0 aromatic carbocycles. The van der Waals surface area contributed by atoms with Crippen molar-refractivity contribution in [1.82, 2.24) is 0 Å². The van der Waals surface area contributed by atoms with Gasteiger partial charge in [0, 0.05) is 10.8 Å². The highest BCUT2D eigenvalue weighted by Gasteiger charge is 2.28. The molecule has 0 fully saturated rings. The molecular formula is C15H24OS. The molecule has 1 aromatic rings. The highest BCUT2D eigenvalue weighted by atomic mass is 32.1. The Morgan fingerprint density at radius 2 is 2.35 bits per heavy atom. The average Bonchev–Trinajstić information content (AvgIpc) is 2.76. The van der Waals surface area contributed by atoms with E-state index in [-0.39, 0.29) is 6.10 Å². The van der Waals surface area contributed by atoms with Gasteiger partial charge in [-0.1, -0.05) is 26.7 Å². The van der Waals surface area contributed by atoms with Crippen molar-refractivity contribution in [3.8, 4) is 0 Å². The second-order valence-electron chi connectivity index (χ2n) is 5.49. The summed E-state index contributed by atoms with van der Waals surface area (Å²) in [4.78, 5) is 1.52. The van der Waals surface area contributed by atoms with Crippen LogP contribution in [0.4, 0.5) is 0 Å². The molecular weight excluding hydrogens is 228 g/mol. The minimum absolute atomic E-state index is 0.134. The van der Waals surface area contributed by atoms with Crippen molar-refractivity contribution in [3.63, 3.8) is 0 Å². The summed E-state index contributed by atoms with van der Waals surface area (Å²) in [6.45, 7) is 4.49. The average molecular weight is 252 g/mol. The van der Waals surface area contributed by atoms with Crippen molar-refractivity contribution in [2.75, 3.05) is 0 Å². The standard InChI is InChI=1S/C15H24OS/c1-3-5-11(2)10-14(16)12-6-4-7-15-13(12)8-9-17-15/h8-9,11-12,14,16H,3-7,10H2,1-2H3. The first-order valence-corrected chi connectivity index (χ1v) is 7.84. The van der Waals surface area contributed by atoms with E-state index in [1.807, 2.05) is 11.3 Å². The van der Waals surface area contributed by atoms with Crippen LogP contribution in [0, 0.1) is 5.92 Å². The summed E-state index contributed by atoms with van der Waals surface area (Å²) >= 11 is 1.86. The number of aryl methyl sites for hydroxylation is 1. The van der Waals surface area contributed by atoms with Crippen LogP contribution < -0.4 is 0 Å². The summed E-state index contributed by atoms with van der Waals surface area (Å²) in [6.07, 6.45) is 6.93. The molecule has 1 heterocycles. The molecule has 2 rings (SSSR count). The summed E-state index contributed by atoms with van der Waals surface area (Å²) in [5.74, 6) is 1.06. The second kappa shape index (κ2) is 6.01. The van der Waals surface area contributed by atoms with E-state index in [1.165, 1.54) is 42.5 Å². The highest BCUT2D eigenvalue weighted by Crippen LogP contribution is 2.38. The summed E-state index contributed by atoms with van der Waals surface area (Å²) in [5, 5.41) is 12.6. The molecule has 0 saturated heterocycles. The number of fused-ring (bicyclic) bond motifs is 1. The third-order valence-electron chi connectivity index (χ3n) is 3.99. The maximum absolute atomic E-state index is 10.4. The normalized spacial score (nSPS) is 23.1. The number of hydrogen-bond donors (Lipinski definition) is 1. The van der Waals surface area contributed by atoms with Crippen LogP contribution in [0.3, 0.4) is 0 Å². The van der Waals surface area contributed by atoms with Crippen molar-refractivity contribution < 1.29 is 5.11 Å². The Balaban J connectivity index is 1.99. The van der Waals surface area contributed by atoms with Gasteiger partial charge < -0.3 is 5.11 Å². The van der Waals surface area contributed by atoms with Gasteiger partial charge in [-0.05, 0) is 48.6 Å². The fraction of sp³-hybridized carbons (Fsp3) is 0.733. The second-order valence-corrected chi connectivity index (χ2v) is 6.50. The van der Waals surface area contributed by atoms with Crippen LogP contribution in [-0.4, -0.2) is 11.2 Å². The molecule has 1 aliphatic rings. The zero-order chi connectivity index (χ0) is 12.3. The summed E-state index contributed by atoms with van der Waals surface area (Å²) in [7, 11) is 0. The van der Waals surface area contributed by atoms with Crippen molar-refractivity contribution in [2.45, 2.75) is 64.4 Å². The molecule has 3 atom stereocenters. The minimum Gasteiger partial charge on any atom is -0.392 e. The van der Waals surface area contributed by atoms with Gasteiger partial charge >= 0.3 is 0 Å². The molecule has 1 aliphatic carbocycles. The molecule has 2 heteroatoms. The molecule has 0 radical (unpaired) electrons. The quantitative estimate of drug-likeness (QED) is 0.825. The maximum atomic E-state index is 10.4. The van der Waals surface area contributed by atoms with Gasteiger partial charge in [-0.2, -0.15) is 0 Å². The van der Waals surface area contributed by atoms with E-state index in [4.69, 9.17) is 0 Å². The molecule has 0 saturated carbocycles. The Labute approximate surface area is 109 Å². The van der Waals surface area contributed by atoms with E-state index in [1.54, 1.807) is 0 Å². The van der Waals surface area contributed by atoms with Crippen molar-refractivity contribution in [1.29, 1.82) is 0 Å². The number of hydrogen-bond acceptors (Lipinski definition) is 2. The van der Waals surface area contributed by atoms with Gasteiger partial charge in [0.1, 0.15) is 0 Å². The predicted octanol–water partition coefficient (Wildman–Crippen LogP) is 4.36. The largest absolute Gasteiger partial charge is 0.392 e. The number of aliphatic hydroxyl groups is 1.